The Hall–Kier alpha value is -3.36. The van der Waals surface area contributed by atoms with Crippen LogP contribution in [0.25, 0.3) is 22.3 Å². The van der Waals surface area contributed by atoms with Crippen molar-refractivity contribution in [2.75, 3.05) is 14.1 Å². The summed E-state index contributed by atoms with van der Waals surface area (Å²) in [5.41, 5.74) is -2.75. The van der Waals surface area contributed by atoms with E-state index in [9.17, 15) is 27.5 Å². The van der Waals surface area contributed by atoms with Crippen molar-refractivity contribution in [3.63, 3.8) is 0 Å². The second-order valence-corrected chi connectivity index (χ2v) is 7.82. The first-order valence-corrected chi connectivity index (χ1v) is 9.30. The van der Waals surface area contributed by atoms with Crippen molar-refractivity contribution in [2.24, 2.45) is 0 Å². The number of para-hydroxylation sites is 1. The number of amides is 1. The Morgan fingerprint density at radius 1 is 1.10 bits per heavy atom. The van der Waals surface area contributed by atoms with Gasteiger partial charge in [-0.3, -0.25) is 9.48 Å². The van der Waals surface area contributed by atoms with Crippen molar-refractivity contribution >= 4 is 5.91 Å². The fourth-order valence-electron chi connectivity index (χ4n) is 3.45. The summed E-state index contributed by atoms with van der Waals surface area (Å²) in [4.78, 5) is 13.9. The van der Waals surface area contributed by atoms with E-state index in [4.69, 9.17) is 0 Å². The zero-order valence-corrected chi connectivity index (χ0v) is 17.3. The minimum absolute atomic E-state index is 0.0961. The number of alkyl halides is 3. The smallest absolute Gasteiger partial charge is 0.417 e. The first kappa shape index (κ1) is 22.3. The van der Waals surface area contributed by atoms with E-state index in [1.54, 1.807) is 27.9 Å². The average Bonchev–Trinajstić information content (AvgIpc) is 3.17. The first-order chi connectivity index (χ1) is 14.3. The van der Waals surface area contributed by atoms with Crippen LogP contribution in [0.2, 0.25) is 0 Å². The van der Waals surface area contributed by atoms with E-state index in [1.165, 1.54) is 46.2 Å². The molecule has 0 atom stereocenters. The van der Waals surface area contributed by atoms with Gasteiger partial charge in [-0.2, -0.15) is 18.3 Å². The molecule has 2 aromatic carbocycles. The predicted octanol–water partition coefficient (Wildman–Crippen LogP) is 4.90. The monoisotopic (exact) mass is 435 g/mol. The van der Waals surface area contributed by atoms with Crippen LogP contribution in [0.3, 0.4) is 0 Å². The minimum Gasteiger partial charge on any atom is -0.507 e. The van der Waals surface area contributed by atoms with Crippen LogP contribution in [0.5, 0.6) is 5.75 Å². The van der Waals surface area contributed by atoms with E-state index >= 15 is 0 Å². The molecule has 9 heteroatoms. The first-order valence-electron chi connectivity index (χ1n) is 9.30. The number of carbonyl (C=O) groups excluding carboxylic acids is 1. The van der Waals surface area contributed by atoms with E-state index in [0.717, 1.165) is 6.07 Å². The molecule has 31 heavy (non-hydrogen) atoms. The Morgan fingerprint density at radius 3 is 2.32 bits per heavy atom. The summed E-state index contributed by atoms with van der Waals surface area (Å²) in [6.45, 7) is 3.23. The molecular formula is C22H21F4N3O2. The van der Waals surface area contributed by atoms with Crippen molar-refractivity contribution in [2.45, 2.75) is 25.6 Å². The van der Waals surface area contributed by atoms with Gasteiger partial charge < -0.3 is 10.0 Å². The van der Waals surface area contributed by atoms with Gasteiger partial charge >= 0.3 is 6.18 Å². The highest BCUT2D eigenvalue weighted by molar-refractivity contribution is 5.88. The molecular weight excluding hydrogens is 414 g/mol. The third-order valence-electron chi connectivity index (χ3n) is 4.98. The van der Waals surface area contributed by atoms with Crippen LogP contribution in [-0.4, -0.2) is 39.8 Å². The van der Waals surface area contributed by atoms with E-state index in [0.29, 0.717) is 6.07 Å². The van der Waals surface area contributed by atoms with Gasteiger partial charge in [0.15, 0.2) is 0 Å². The molecule has 1 heterocycles. The molecule has 5 nitrogen and oxygen atoms in total. The molecule has 0 spiro atoms. The molecule has 0 aliphatic carbocycles. The Bertz CT molecular complexity index is 1130. The Kier molecular flexibility index (Phi) is 5.56. The van der Waals surface area contributed by atoms with Crippen LogP contribution in [0.1, 0.15) is 19.4 Å². The van der Waals surface area contributed by atoms with Crippen LogP contribution >= 0.6 is 0 Å². The number of benzene rings is 2. The highest BCUT2D eigenvalue weighted by atomic mass is 19.4. The summed E-state index contributed by atoms with van der Waals surface area (Å²) in [6.07, 6.45) is -2.21. The number of hydrogen-bond donors (Lipinski definition) is 1. The fourth-order valence-corrected chi connectivity index (χ4v) is 3.45. The van der Waals surface area contributed by atoms with E-state index in [2.05, 4.69) is 5.10 Å². The number of rotatable bonds is 4. The molecule has 0 saturated carbocycles. The number of aromatic hydroxyl groups is 1. The standard InChI is InChI=1S/C22H21F4N3O2/c1-21(2,20(31)28(3)4)29-12-13(11-27-29)16-9-14(23)10-17(22(24,25)26)19(16)15-7-5-6-8-18(15)30/h5-12,30H,1-4H3. The zero-order chi connectivity index (χ0) is 23.1. The van der Waals surface area contributed by atoms with Crippen LogP contribution < -0.4 is 0 Å². The maximum Gasteiger partial charge on any atom is 0.417 e. The molecule has 0 aliphatic rings. The van der Waals surface area contributed by atoms with E-state index in [1.807, 2.05) is 0 Å². The molecule has 1 aromatic heterocycles. The van der Waals surface area contributed by atoms with Crippen molar-refractivity contribution in [1.29, 1.82) is 0 Å². The maximum atomic E-state index is 14.3. The van der Waals surface area contributed by atoms with Crippen molar-refractivity contribution < 1.29 is 27.5 Å². The quantitative estimate of drug-likeness (QED) is 0.593. The molecule has 164 valence electrons. The molecule has 0 aliphatic heterocycles. The lowest BCUT2D eigenvalue weighted by Gasteiger charge is -2.27. The summed E-state index contributed by atoms with van der Waals surface area (Å²) in [7, 11) is 3.15. The van der Waals surface area contributed by atoms with Gasteiger partial charge in [-0.25, -0.2) is 4.39 Å². The lowest BCUT2D eigenvalue weighted by molar-refractivity contribution is -0.137. The highest BCUT2D eigenvalue weighted by Gasteiger charge is 2.37. The number of likely N-dealkylation sites (N-methyl/N-ethyl adjacent to an activating group) is 1. The van der Waals surface area contributed by atoms with Gasteiger partial charge in [0.1, 0.15) is 17.1 Å². The van der Waals surface area contributed by atoms with Gasteiger partial charge in [-0.15, -0.1) is 0 Å². The van der Waals surface area contributed by atoms with Crippen molar-refractivity contribution in [3.05, 3.63) is 60.2 Å². The molecule has 0 saturated heterocycles. The number of phenols is 1. The molecule has 1 N–H and O–H groups in total. The van der Waals surface area contributed by atoms with Gasteiger partial charge in [0, 0.05) is 37.0 Å². The zero-order valence-electron chi connectivity index (χ0n) is 17.3. The topological polar surface area (TPSA) is 58.4 Å². The normalized spacial score (nSPS) is 12.1. The van der Waals surface area contributed by atoms with Crippen LogP contribution in [-0.2, 0) is 16.5 Å². The Labute approximate surface area is 176 Å². The van der Waals surface area contributed by atoms with Gasteiger partial charge in [0.2, 0.25) is 5.91 Å². The number of hydrogen-bond acceptors (Lipinski definition) is 3. The van der Waals surface area contributed by atoms with Gasteiger partial charge in [0.25, 0.3) is 0 Å². The van der Waals surface area contributed by atoms with Crippen LogP contribution in [0, 0.1) is 5.82 Å². The lowest BCUT2D eigenvalue weighted by Crippen LogP contribution is -2.44. The molecule has 3 aromatic rings. The van der Waals surface area contributed by atoms with Gasteiger partial charge in [-0.1, -0.05) is 18.2 Å². The highest BCUT2D eigenvalue weighted by Crippen LogP contribution is 2.45. The van der Waals surface area contributed by atoms with Crippen molar-refractivity contribution in [3.8, 4) is 28.0 Å². The molecule has 0 bridgehead atoms. The predicted molar refractivity (Wildman–Crippen MR) is 108 cm³/mol. The van der Waals surface area contributed by atoms with E-state index in [-0.39, 0.29) is 33.9 Å². The van der Waals surface area contributed by atoms with Gasteiger partial charge in [-0.05, 0) is 37.6 Å². The minimum atomic E-state index is -4.87. The third-order valence-corrected chi connectivity index (χ3v) is 4.98. The number of halogens is 4. The number of nitrogens with zero attached hydrogens (tertiary/aromatic N) is 3. The van der Waals surface area contributed by atoms with Crippen LogP contribution in [0.4, 0.5) is 17.6 Å². The molecule has 0 fully saturated rings. The summed E-state index contributed by atoms with van der Waals surface area (Å²) < 4.78 is 57.0. The molecule has 0 unspecified atom stereocenters. The second kappa shape index (κ2) is 7.72. The summed E-state index contributed by atoms with van der Waals surface area (Å²) in [5.74, 6) is -1.74. The lowest BCUT2D eigenvalue weighted by atomic mass is 9.90. The number of aromatic nitrogens is 2. The molecule has 3 rings (SSSR count). The van der Waals surface area contributed by atoms with Crippen LogP contribution in [0.15, 0.2) is 48.8 Å². The Morgan fingerprint density at radius 2 is 1.74 bits per heavy atom. The number of carbonyl (C=O) groups is 1. The number of phenolic OH excluding ortho intramolecular Hbond substituents is 1. The SMILES string of the molecule is CN(C)C(=O)C(C)(C)n1cc(-c2cc(F)cc(C(F)(F)F)c2-c2ccccc2O)cn1. The molecule has 0 radical (unpaired) electrons. The second-order valence-electron chi connectivity index (χ2n) is 7.82. The maximum absolute atomic E-state index is 14.3. The fraction of sp³-hybridized carbons (Fsp3) is 0.273. The van der Waals surface area contributed by atoms with Gasteiger partial charge in [0.05, 0.1) is 11.8 Å². The summed E-state index contributed by atoms with van der Waals surface area (Å²) >= 11 is 0. The van der Waals surface area contributed by atoms with Crippen molar-refractivity contribution in [1.82, 2.24) is 14.7 Å². The average molecular weight is 435 g/mol. The largest absolute Gasteiger partial charge is 0.507 e. The summed E-state index contributed by atoms with van der Waals surface area (Å²) in [5, 5.41) is 14.4. The third kappa shape index (κ3) is 4.12. The van der Waals surface area contributed by atoms with E-state index < -0.39 is 23.1 Å². The Balaban J connectivity index is 2.28. The summed E-state index contributed by atoms with van der Waals surface area (Å²) in [6, 6.07) is 6.89. The molecule has 1 amide bonds.